The third kappa shape index (κ3) is 1.96. The predicted octanol–water partition coefficient (Wildman–Crippen LogP) is 3.42. The number of alkyl halides is 1. The summed E-state index contributed by atoms with van der Waals surface area (Å²) in [7, 11) is 0. The quantitative estimate of drug-likeness (QED) is 0.788. The lowest BCUT2D eigenvalue weighted by atomic mass is 9.99. The predicted molar refractivity (Wildman–Crippen MR) is 77.7 cm³/mol. The molecule has 100 valence electrons. The van der Waals surface area contributed by atoms with E-state index in [0.29, 0.717) is 11.2 Å². The first kappa shape index (κ1) is 12.7. The minimum Gasteiger partial charge on any atom is -0.289 e. The van der Waals surface area contributed by atoms with Crippen LogP contribution in [-0.2, 0) is 11.4 Å². The molecular formula is C15H17ClN2O. The van der Waals surface area contributed by atoms with Crippen LogP contribution in [0.1, 0.15) is 38.4 Å². The minimum absolute atomic E-state index is 0.0469. The summed E-state index contributed by atoms with van der Waals surface area (Å²) in [4.78, 5) is 17.3. The van der Waals surface area contributed by atoms with Gasteiger partial charge in [-0.2, -0.15) is 0 Å². The Morgan fingerprint density at radius 1 is 1.32 bits per heavy atom. The van der Waals surface area contributed by atoms with Gasteiger partial charge in [-0.1, -0.05) is 25.0 Å². The number of fused-ring (bicyclic) bond motifs is 1. The number of aromatic nitrogens is 2. The average Bonchev–Trinajstić information content (AvgIpc) is 2.86. The van der Waals surface area contributed by atoms with Gasteiger partial charge in [-0.25, -0.2) is 4.98 Å². The fourth-order valence-corrected chi connectivity index (χ4v) is 3.36. The molecule has 19 heavy (non-hydrogen) atoms. The van der Waals surface area contributed by atoms with Crippen LogP contribution in [0.5, 0.6) is 0 Å². The zero-order valence-electron chi connectivity index (χ0n) is 11.0. The third-order valence-corrected chi connectivity index (χ3v) is 4.42. The molecule has 0 bridgehead atoms. The van der Waals surface area contributed by atoms with Crippen molar-refractivity contribution in [2.24, 2.45) is 0 Å². The molecule has 0 amide bonds. The van der Waals surface area contributed by atoms with E-state index in [2.05, 4.69) is 11.9 Å². The van der Waals surface area contributed by atoms with Gasteiger partial charge in [-0.15, -0.1) is 11.6 Å². The van der Waals surface area contributed by atoms with Crippen molar-refractivity contribution in [3.05, 3.63) is 40.4 Å². The number of hydrogen-bond acceptors (Lipinski definition) is 2. The number of benzene rings is 1. The molecule has 1 heterocycles. The highest BCUT2D eigenvalue weighted by Crippen LogP contribution is 2.36. The van der Waals surface area contributed by atoms with Crippen molar-refractivity contribution in [3.8, 4) is 0 Å². The van der Waals surface area contributed by atoms with Crippen molar-refractivity contribution in [1.29, 1.82) is 0 Å². The van der Waals surface area contributed by atoms with Crippen molar-refractivity contribution in [3.63, 3.8) is 0 Å². The van der Waals surface area contributed by atoms with E-state index in [1.807, 2.05) is 28.8 Å². The monoisotopic (exact) mass is 276 g/mol. The smallest absolute Gasteiger partial charge is 0.261 e. The van der Waals surface area contributed by atoms with Crippen LogP contribution in [0.25, 0.3) is 10.9 Å². The molecule has 2 aromatic rings. The maximum absolute atomic E-state index is 12.8. The molecule has 1 aromatic heterocycles. The summed E-state index contributed by atoms with van der Waals surface area (Å²) in [6, 6.07) is 7.49. The topological polar surface area (TPSA) is 34.9 Å². The second kappa shape index (κ2) is 4.64. The Morgan fingerprint density at radius 3 is 2.68 bits per heavy atom. The normalized spacial score (nSPS) is 18.0. The zero-order valence-corrected chi connectivity index (χ0v) is 11.8. The summed E-state index contributed by atoms with van der Waals surface area (Å²) in [6.07, 6.45) is 4.38. The van der Waals surface area contributed by atoms with Crippen LogP contribution in [0.2, 0.25) is 0 Å². The second-order valence-corrected chi connectivity index (χ2v) is 5.79. The van der Waals surface area contributed by atoms with E-state index in [9.17, 15) is 4.79 Å². The van der Waals surface area contributed by atoms with Crippen LogP contribution in [0.15, 0.2) is 29.1 Å². The van der Waals surface area contributed by atoms with Crippen molar-refractivity contribution in [1.82, 2.24) is 9.55 Å². The Labute approximate surface area is 117 Å². The number of nitrogens with zero attached hydrogens (tertiary/aromatic N) is 2. The van der Waals surface area contributed by atoms with Gasteiger partial charge in [0, 0.05) is 5.54 Å². The number of para-hydroxylation sites is 1. The van der Waals surface area contributed by atoms with Gasteiger partial charge in [0.05, 0.1) is 16.8 Å². The standard InChI is InChI=1S/C15H17ClN2O/c1-15(8-4-5-9-15)18-13(10-16)17-12-7-3-2-6-11(12)14(18)19/h2-3,6-7H,4-5,8-10H2,1H3. The first-order chi connectivity index (χ1) is 9.15. The largest absolute Gasteiger partial charge is 0.289 e. The van der Waals surface area contributed by atoms with E-state index >= 15 is 0 Å². The Balaban J connectivity index is 2.34. The van der Waals surface area contributed by atoms with E-state index in [1.54, 1.807) is 0 Å². The lowest BCUT2D eigenvalue weighted by molar-refractivity contribution is 0.309. The van der Waals surface area contributed by atoms with Crippen LogP contribution in [0.3, 0.4) is 0 Å². The third-order valence-electron chi connectivity index (χ3n) is 4.19. The van der Waals surface area contributed by atoms with Crippen LogP contribution in [-0.4, -0.2) is 9.55 Å². The molecule has 3 rings (SSSR count). The zero-order chi connectivity index (χ0) is 13.5. The van der Waals surface area contributed by atoms with E-state index in [4.69, 9.17) is 11.6 Å². The van der Waals surface area contributed by atoms with Gasteiger partial charge >= 0.3 is 0 Å². The van der Waals surface area contributed by atoms with Crippen molar-refractivity contribution >= 4 is 22.5 Å². The van der Waals surface area contributed by atoms with Crippen LogP contribution in [0.4, 0.5) is 0 Å². The molecule has 1 aromatic carbocycles. The van der Waals surface area contributed by atoms with Gasteiger partial charge < -0.3 is 0 Å². The fraction of sp³-hybridized carbons (Fsp3) is 0.467. The summed E-state index contributed by atoms with van der Waals surface area (Å²) in [5, 5.41) is 0.685. The van der Waals surface area contributed by atoms with Crippen molar-refractivity contribution < 1.29 is 0 Å². The Kier molecular flexibility index (Phi) is 3.09. The lowest BCUT2D eigenvalue weighted by Gasteiger charge is -2.29. The lowest BCUT2D eigenvalue weighted by Crippen LogP contribution is -2.39. The Bertz CT molecular complexity index is 671. The van der Waals surface area contributed by atoms with Crippen molar-refractivity contribution in [2.75, 3.05) is 0 Å². The summed E-state index contributed by atoms with van der Waals surface area (Å²) in [6.45, 7) is 2.15. The molecule has 1 aliphatic carbocycles. The van der Waals surface area contributed by atoms with Gasteiger partial charge in [0.15, 0.2) is 0 Å². The second-order valence-electron chi connectivity index (χ2n) is 5.52. The number of hydrogen-bond donors (Lipinski definition) is 0. The Morgan fingerprint density at radius 2 is 2.00 bits per heavy atom. The summed E-state index contributed by atoms with van der Waals surface area (Å²) in [5.74, 6) is 0.963. The van der Waals surface area contributed by atoms with Gasteiger partial charge in [-0.05, 0) is 31.9 Å². The molecule has 0 spiro atoms. The van der Waals surface area contributed by atoms with E-state index in [0.717, 1.165) is 31.2 Å². The molecule has 0 atom stereocenters. The summed E-state index contributed by atoms with van der Waals surface area (Å²) < 4.78 is 1.84. The Hall–Kier alpha value is -1.35. The number of halogens is 1. The molecule has 3 nitrogen and oxygen atoms in total. The fourth-order valence-electron chi connectivity index (χ4n) is 3.19. The molecule has 1 aliphatic rings. The minimum atomic E-state index is -0.127. The molecule has 0 saturated heterocycles. The van der Waals surface area contributed by atoms with Crippen LogP contribution < -0.4 is 5.56 Å². The van der Waals surface area contributed by atoms with Gasteiger partial charge in [0.25, 0.3) is 5.56 Å². The van der Waals surface area contributed by atoms with E-state index in [-0.39, 0.29) is 17.0 Å². The van der Waals surface area contributed by atoms with Gasteiger partial charge in [0.1, 0.15) is 5.82 Å². The van der Waals surface area contributed by atoms with Gasteiger partial charge in [-0.3, -0.25) is 9.36 Å². The van der Waals surface area contributed by atoms with Crippen molar-refractivity contribution in [2.45, 2.75) is 44.0 Å². The first-order valence-electron chi connectivity index (χ1n) is 6.73. The molecule has 4 heteroatoms. The average molecular weight is 277 g/mol. The highest BCUT2D eigenvalue weighted by molar-refractivity contribution is 6.16. The van der Waals surface area contributed by atoms with Gasteiger partial charge in [0.2, 0.25) is 0 Å². The molecule has 1 fully saturated rings. The van der Waals surface area contributed by atoms with Crippen LogP contribution in [0, 0.1) is 0 Å². The summed E-state index contributed by atoms with van der Waals surface area (Å²) in [5.41, 5.74) is 0.657. The van der Waals surface area contributed by atoms with Crippen LogP contribution >= 0.6 is 11.6 Å². The first-order valence-corrected chi connectivity index (χ1v) is 7.26. The highest BCUT2D eigenvalue weighted by atomic mass is 35.5. The summed E-state index contributed by atoms with van der Waals surface area (Å²) >= 11 is 6.02. The maximum atomic E-state index is 12.8. The molecule has 0 aliphatic heterocycles. The van der Waals surface area contributed by atoms with E-state index < -0.39 is 0 Å². The SMILES string of the molecule is CC1(n2c(CCl)nc3ccccc3c2=O)CCCC1. The maximum Gasteiger partial charge on any atom is 0.261 e. The number of rotatable bonds is 2. The molecule has 1 saturated carbocycles. The molecule has 0 N–H and O–H groups in total. The van der Waals surface area contributed by atoms with E-state index in [1.165, 1.54) is 0 Å². The molecular weight excluding hydrogens is 260 g/mol. The molecule has 0 radical (unpaired) electrons. The molecule has 0 unspecified atom stereocenters. The highest BCUT2D eigenvalue weighted by Gasteiger charge is 2.33.